The first kappa shape index (κ1) is 15.0. The Morgan fingerprint density at radius 1 is 1.33 bits per heavy atom. The molecule has 6 heteroatoms. The zero-order valence-electron chi connectivity index (χ0n) is 12.4. The average molecular weight is 289 g/mol. The summed E-state index contributed by atoms with van der Waals surface area (Å²) in [5.74, 6) is 0.236. The number of fused-ring (bicyclic) bond motifs is 1. The summed E-state index contributed by atoms with van der Waals surface area (Å²) < 4.78 is 6.94. The van der Waals surface area contributed by atoms with Crippen LogP contribution in [-0.4, -0.2) is 28.5 Å². The molecule has 1 fully saturated rings. The van der Waals surface area contributed by atoms with Crippen molar-refractivity contribution >= 4 is 22.8 Å². The van der Waals surface area contributed by atoms with Crippen LogP contribution in [0.25, 0.3) is 11.0 Å². The van der Waals surface area contributed by atoms with Crippen molar-refractivity contribution in [3.05, 3.63) is 24.5 Å². The van der Waals surface area contributed by atoms with Gasteiger partial charge in [-0.2, -0.15) is 0 Å². The van der Waals surface area contributed by atoms with Crippen LogP contribution < -0.4 is 10.1 Å². The number of amides is 2. The smallest absolute Gasteiger partial charge is 0.249 e. The second kappa shape index (κ2) is 6.39. The van der Waals surface area contributed by atoms with Gasteiger partial charge in [-0.15, -0.1) is 0 Å². The van der Waals surface area contributed by atoms with Gasteiger partial charge in [0.25, 0.3) is 0 Å². The number of nitrogens with zero attached hydrogens (tertiary/aromatic N) is 2. The second-order valence-corrected chi connectivity index (χ2v) is 4.47. The number of hydrogen-bond acceptors (Lipinski definition) is 4. The Balaban J connectivity index is 0.000000774. The molecule has 1 aromatic heterocycles. The molecule has 3 rings (SSSR count). The molecule has 2 amide bonds. The van der Waals surface area contributed by atoms with E-state index in [0.717, 1.165) is 16.8 Å². The van der Waals surface area contributed by atoms with Crippen LogP contribution in [-0.2, 0) is 9.59 Å². The number of imide groups is 1. The van der Waals surface area contributed by atoms with E-state index >= 15 is 0 Å². The van der Waals surface area contributed by atoms with E-state index in [1.54, 1.807) is 18.0 Å². The largest absolute Gasteiger partial charge is 0.497 e. The molecule has 1 saturated heterocycles. The van der Waals surface area contributed by atoms with Gasteiger partial charge in [0.15, 0.2) is 0 Å². The number of aromatic nitrogens is 2. The summed E-state index contributed by atoms with van der Waals surface area (Å²) in [6.45, 7) is 4.00. The summed E-state index contributed by atoms with van der Waals surface area (Å²) in [5.41, 5.74) is 1.62. The molecule has 1 unspecified atom stereocenters. The zero-order valence-corrected chi connectivity index (χ0v) is 12.4. The van der Waals surface area contributed by atoms with Gasteiger partial charge in [0.2, 0.25) is 11.8 Å². The molecule has 6 nitrogen and oxygen atoms in total. The fourth-order valence-corrected chi connectivity index (χ4v) is 2.33. The van der Waals surface area contributed by atoms with Gasteiger partial charge >= 0.3 is 0 Å². The van der Waals surface area contributed by atoms with Crippen LogP contribution in [0.15, 0.2) is 24.5 Å². The van der Waals surface area contributed by atoms with Gasteiger partial charge in [0, 0.05) is 12.5 Å². The number of nitrogens with one attached hydrogen (secondary N) is 1. The number of carbonyl (C=O) groups is 2. The van der Waals surface area contributed by atoms with E-state index in [9.17, 15) is 9.59 Å². The Kier molecular flexibility index (Phi) is 4.57. The van der Waals surface area contributed by atoms with Gasteiger partial charge in [-0.1, -0.05) is 13.8 Å². The van der Waals surface area contributed by atoms with Gasteiger partial charge in [-0.3, -0.25) is 14.9 Å². The van der Waals surface area contributed by atoms with Crippen LogP contribution in [0.4, 0.5) is 0 Å². The van der Waals surface area contributed by atoms with Crippen LogP contribution >= 0.6 is 0 Å². The predicted molar refractivity (Wildman–Crippen MR) is 79.1 cm³/mol. The molecule has 1 aliphatic heterocycles. The molecule has 2 aromatic rings. The van der Waals surface area contributed by atoms with Crippen LogP contribution in [0.2, 0.25) is 0 Å². The maximum Gasteiger partial charge on any atom is 0.249 e. The van der Waals surface area contributed by atoms with Gasteiger partial charge in [-0.25, -0.2) is 4.98 Å². The Hall–Kier alpha value is -2.37. The molecule has 21 heavy (non-hydrogen) atoms. The first-order chi connectivity index (χ1) is 10.2. The molecule has 1 aromatic carbocycles. The second-order valence-electron chi connectivity index (χ2n) is 4.47. The quantitative estimate of drug-likeness (QED) is 0.859. The van der Waals surface area contributed by atoms with Crippen molar-refractivity contribution in [1.82, 2.24) is 14.9 Å². The fourth-order valence-electron chi connectivity index (χ4n) is 2.33. The lowest BCUT2D eigenvalue weighted by atomic mass is 10.1. The van der Waals surface area contributed by atoms with E-state index in [4.69, 9.17) is 4.74 Å². The molecule has 2 heterocycles. The Morgan fingerprint density at radius 2 is 2.10 bits per heavy atom. The minimum atomic E-state index is -0.379. The van der Waals surface area contributed by atoms with Crippen molar-refractivity contribution in [1.29, 1.82) is 0 Å². The summed E-state index contributed by atoms with van der Waals surface area (Å²) >= 11 is 0. The Bertz CT molecular complexity index is 663. The molecule has 0 spiro atoms. The summed E-state index contributed by atoms with van der Waals surface area (Å²) in [7, 11) is 1.60. The van der Waals surface area contributed by atoms with E-state index in [1.807, 2.05) is 32.0 Å². The van der Waals surface area contributed by atoms with Crippen molar-refractivity contribution in [3.8, 4) is 5.75 Å². The zero-order chi connectivity index (χ0) is 15.4. The summed E-state index contributed by atoms with van der Waals surface area (Å²) in [5, 5.41) is 2.35. The number of methoxy groups -OCH3 is 1. The molecule has 1 N–H and O–H groups in total. The number of rotatable bonds is 2. The van der Waals surface area contributed by atoms with Crippen molar-refractivity contribution in [2.24, 2.45) is 0 Å². The standard InChI is InChI=1S/C13H13N3O3.C2H6/c1-19-8-2-3-10-9(6-8)14-7-16(10)11-4-5-12(17)15-13(11)18;1-2/h2-3,6-7,11H,4-5H2,1H3,(H,15,17,18);1-2H3. The van der Waals surface area contributed by atoms with Crippen molar-refractivity contribution in [3.63, 3.8) is 0 Å². The SMILES string of the molecule is CC.COc1ccc2c(c1)ncn2C1CCC(=O)NC1=O. The van der Waals surface area contributed by atoms with E-state index < -0.39 is 0 Å². The van der Waals surface area contributed by atoms with Crippen LogP contribution in [0, 0.1) is 0 Å². The third kappa shape index (κ3) is 2.89. The fraction of sp³-hybridized carbons (Fsp3) is 0.400. The normalized spacial score (nSPS) is 18.0. The average Bonchev–Trinajstić information content (AvgIpc) is 2.92. The lowest BCUT2D eigenvalue weighted by Crippen LogP contribution is -2.41. The monoisotopic (exact) mass is 289 g/mol. The molecule has 0 bridgehead atoms. The maximum absolute atomic E-state index is 11.9. The summed E-state index contributed by atoms with van der Waals surface area (Å²) in [6, 6.07) is 5.13. The number of carbonyl (C=O) groups excluding carboxylic acids is 2. The topological polar surface area (TPSA) is 73.2 Å². The van der Waals surface area contributed by atoms with Gasteiger partial charge < -0.3 is 9.30 Å². The number of ether oxygens (including phenoxy) is 1. The van der Waals surface area contributed by atoms with Gasteiger partial charge in [0.05, 0.1) is 24.5 Å². The van der Waals surface area contributed by atoms with E-state index in [2.05, 4.69) is 10.3 Å². The minimum absolute atomic E-state index is 0.215. The highest BCUT2D eigenvalue weighted by molar-refractivity contribution is 6.00. The van der Waals surface area contributed by atoms with E-state index in [-0.39, 0.29) is 17.9 Å². The highest BCUT2D eigenvalue weighted by atomic mass is 16.5. The number of benzene rings is 1. The third-order valence-electron chi connectivity index (χ3n) is 3.33. The summed E-state index contributed by atoms with van der Waals surface area (Å²) in [6.07, 6.45) is 2.48. The summed E-state index contributed by atoms with van der Waals surface area (Å²) in [4.78, 5) is 27.3. The molecule has 0 aliphatic carbocycles. The van der Waals surface area contributed by atoms with E-state index in [1.165, 1.54) is 0 Å². The third-order valence-corrected chi connectivity index (χ3v) is 3.33. The van der Waals surface area contributed by atoms with E-state index in [0.29, 0.717) is 12.8 Å². The number of imidazole rings is 1. The lowest BCUT2D eigenvalue weighted by molar-refractivity contribution is -0.135. The minimum Gasteiger partial charge on any atom is -0.497 e. The van der Waals surface area contributed by atoms with Crippen molar-refractivity contribution < 1.29 is 14.3 Å². The number of hydrogen-bond donors (Lipinski definition) is 1. The number of piperidine rings is 1. The van der Waals surface area contributed by atoms with Crippen molar-refractivity contribution in [2.45, 2.75) is 32.7 Å². The molecule has 112 valence electrons. The maximum atomic E-state index is 11.9. The highest BCUT2D eigenvalue weighted by Gasteiger charge is 2.28. The van der Waals surface area contributed by atoms with Crippen LogP contribution in [0.1, 0.15) is 32.7 Å². The Labute approximate surface area is 123 Å². The molecule has 1 aliphatic rings. The first-order valence-corrected chi connectivity index (χ1v) is 7.03. The van der Waals surface area contributed by atoms with Crippen molar-refractivity contribution in [2.75, 3.05) is 7.11 Å². The van der Waals surface area contributed by atoms with Crippen LogP contribution in [0.3, 0.4) is 0 Å². The molecule has 0 radical (unpaired) electrons. The van der Waals surface area contributed by atoms with Gasteiger partial charge in [-0.05, 0) is 18.6 Å². The molecular formula is C15H19N3O3. The lowest BCUT2D eigenvalue weighted by Gasteiger charge is -2.22. The van der Waals surface area contributed by atoms with Gasteiger partial charge in [0.1, 0.15) is 11.8 Å². The highest BCUT2D eigenvalue weighted by Crippen LogP contribution is 2.26. The predicted octanol–water partition coefficient (Wildman–Crippen LogP) is 2.05. The molecule has 0 saturated carbocycles. The molecular weight excluding hydrogens is 270 g/mol. The van der Waals surface area contributed by atoms with Crippen LogP contribution in [0.5, 0.6) is 5.75 Å². The first-order valence-electron chi connectivity index (χ1n) is 7.03. The Morgan fingerprint density at radius 3 is 2.76 bits per heavy atom. The molecule has 1 atom stereocenters.